The smallest absolute Gasteiger partial charge is 0.258 e. The van der Waals surface area contributed by atoms with E-state index in [0.717, 1.165) is 46.8 Å². The van der Waals surface area contributed by atoms with Crippen molar-refractivity contribution >= 4 is 27.9 Å². The number of hydrogen-bond acceptors (Lipinski definition) is 5. The quantitative estimate of drug-likeness (QED) is 0.594. The molecule has 1 aliphatic rings. The largest absolute Gasteiger partial charge is 0.497 e. The number of nitrogens with one attached hydrogen (secondary N) is 2. The highest BCUT2D eigenvalue weighted by Crippen LogP contribution is 2.40. The van der Waals surface area contributed by atoms with E-state index in [4.69, 9.17) is 4.74 Å². The monoisotopic (exact) mass is 407 g/mol. The van der Waals surface area contributed by atoms with E-state index in [0.29, 0.717) is 12.5 Å². The molecule has 0 aliphatic heterocycles. The molecule has 0 unspecified atom stereocenters. The number of aromatic nitrogens is 1. The molecular weight excluding hydrogens is 382 g/mol. The van der Waals surface area contributed by atoms with Gasteiger partial charge in [-0.25, -0.2) is 0 Å². The van der Waals surface area contributed by atoms with E-state index >= 15 is 0 Å². The van der Waals surface area contributed by atoms with Crippen molar-refractivity contribution in [3.63, 3.8) is 0 Å². The van der Waals surface area contributed by atoms with Gasteiger partial charge in [0.25, 0.3) is 5.91 Å². The Morgan fingerprint density at radius 3 is 2.83 bits per heavy atom. The van der Waals surface area contributed by atoms with Crippen molar-refractivity contribution < 1.29 is 9.53 Å². The fourth-order valence-corrected chi connectivity index (χ4v) is 5.07. The zero-order chi connectivity index (χ0) is 20.2. The number of benzene rings is 1. The van der Waals surface area contributed by atoms with E-state index in [1.54, 1.807) is 24.6 Å². The van der Waals surface area contributed by atoms with Crippen LogP contribution in [0.1, 0.15) is 39.7 Å². The molecule has 0 radical (unpaired) electrons. The number of rotatable bonds is 6. The summed E-state index contributed by atoms with van der Waals surface area (Å²) in [5, 5.41) is 7.48. The molecule has 5 nitrogen and oxygen atoms in total. The van der Waals surface area contributed by atoms with Gasteiger partial charge in [0.2, 0.25) is 0 Å². The van der Waals surface area contributed by atoms with Crippen molar-refractivity contribution in [1.82, 2.24) is 4.98 Å². The van der Waals surface area contributed by atoms with Gasteiger partial charge in [0.15, 0.2) is 0 Å². The van der Waals surface area contributed by atoms with Gasteiger partial charge in [-0.2, -0.15) is 0 Å². The lowest BCUT2D eigenvalue weighted by Gasteiger charge is -2.18. The molecule has 0 saturated carbocycles. The van der Waals surface area contributed by atoms with Gasteiger partial charge < -0.3 is 15.4 Å². The van der Waals surface area contributed by atoms with Crippen LogP contribution in [-0.4, -0.2) is 18.0 Å². The van der Waals surface area contributed by atoms with Crippen molar-refractivity contribution in [2.24, 2.45) is 5.92 Å². The molecule has 1 aromatic carbocycles. The molecule has 2 N–H and O–H groups in total. The predicted octanol–water partition coefficient (Wildman–Crippen LogP) is 5.14. The molecule has 0 saturated heterocycles. The van der Waals surface area contributed by atoms with E-state index in [2.05, 4.69) is 22.5 Å². The Kier molecular flexibility index (Phi) is 5.81. The number of carbonyl (C=O) groups is 1. The molecule has 4 rings (SSSR count). The number of methoxy groups -OCH3 is 1. The molecule has 2 heterocycles. The lowest BCUT2D eigenvalue weighted by atomic mass is 9.88. The highest BCUT2D eigenvalue weighted by Gasteiger charge is 2.27. The summed E-state index contributed by atoms with van der Waals surface area (Å²) in [4.78, 5) is 18.7. The highest BCUT2D eigenvalue weighted by molar-refractivity contribution is 7.16. The first-order valence-electron chi connectivity index (χ1n) is 9.86. The van der Waals surface area contributed by atoms with Crippen molar-refractivity contribution in [1.29, 1.82) is 0 Å². The van der Waals surface area contributed by atoms with E-state index in [-0.39, 0.29) is 5.91 Å². The average Bonchev–Trinajstić information content (AvgIpc) is 3.11. The summed E-state index contributed by atoms with van der Waals surface area (Å²) in [5.41, 5.74) is 3.84. The van der Waals surface area contributed by atoms with Crippen LogP contribution in [-0.2, 0) is 19.4 Å². The summed E-state index contributed by atoms with van der Waals surface area (Å²) in [6, 6.07) is 11.4. The standard InChI is InChI=1S/C23H25N3O2S/c1-15-5-10-19-20(12-15)29-23(25-14-16-4-3-11-24-13-16)21(19)22(27)26-17-6-8-18(28-2)9-7-17/h3-4,6-9,11,13,15,25H,5,10,12,14H2,1-2H3,(H,26,27)/t15-/m1/s1. The number of thiophene rings is 1. The maximum Gasteiger partial charge on any atom is 0.258 e. The Labute approximate surface area is 175 Å². The Morgan fingerprint density at radius 1 is 1.28 bits per heavy atom. The van der Waals surface area contributed by atoms with Crippen LogP contribution < -0.4 is 15.4 Å². The van der Waals surface area contributed by atoms with Crippen LogP contribution >= 0.6 is 11.3 Å². The molecule has 3 aromatic rings. The molecule has 1 amide bonds. The number of ether oxygens (including phenoxy) is 1. The number of pyridine rings is 1. The molecule has 6 heteroatoms. The summed E-state index contributed by atoms with van der Waals surface area (Å²) in [6.45, 7) is 2.92. The minimum Gasteiger partial charge on any atom is -0.497 e. The molecule has 1 aliphatic carbocycles. The van der Waals surface area contributed by atoms with Crippen molar-refractivity contribution in [3.8, 4) is 5.75 Å². The number of anilines is 2. The van der Waals surface area contributed by atoms with Gasteiger partial charge in [-0.15, -0.1) is 11.3 Å². The van der Waals surface area contributed by atoms with Gasteiger partial charge in [-0.1, -0.05) is 13.0 Å². The Balaban J connectivity index is 1.59. The molecule has 0 fully saturated rings. The fraction of sp³-hybridized carbons (Fsp3) is 0.304. The highest BCUT2D eigenvalue weighted by atomic mass is 32.1. The van der Waals surface area contributed by atoms with Gasteiger partial charge in [0.1, 0.15) is 10.8 Å². The molecule has 0 bridgehead atoms. The summed E-state index contributed by atoms with van der Waals surface area (Å²) < 4.78 is 5.20. The summed E-state index contributed by atoms with van der Waals surface area (Å²) in [7, 11) is 1.63. The van der Waals surface area contributed by atoms with Crippen LogP contribution in [0.2, 0.25) is 0 Å². The van der Waals surface area contributed by atoms with Crippen molar-refractivity contribution in [2.75, 3.05) is 17.7 Å². The van der Waals surface area contributed by atoms with Crippen molar-refractivity contribution in [3.05, 3.63) is 70.4 Å². The number of nitrogens with zero attached hydrogens (tertiary/aromatic N) is 1. The first kappa shape index (κ1) is 19.5. The van der Waals surface area contributed by atoms with Gasteiger partial charge in [-0.3, -0.25) is 9.78 Å². The third-order valence-corrected chi connectivity index (χ3v) is 6.47. The number of fused-ring (bicyclic) bond motifs is 1. The average molecular weight is 408 g/mol. The molecule has 2 aromatic heterocycles. The third-order valence-electron chi connectivity index (χ3n) is 5.26. The van der Waals surface area contributed by atoms with E-state index < -0.39 is 0 Å². The Bertz CT molecular complexity index is 983. The van der Waals surface area contributed by atoms with E-state index in [9.17, 15) is 4.79 Å². The van der Waals surface area contributed by atoms with E-state index in [1.165, 1.54) is 10.4 Å². The van der Waals surface area contributed by atoms with Crippen LogP contribution in [0.25, 0.3) is 0 Å². The summed E-state index contributed by atoms with van der Waals surface area (Å²) >= 11 is 1.72. The second kappa shape index (κ2) is 8.66. The van der Waals surface area contributed by atoms with Crippen LogP contribution in [0.5, 0.6) is 5.75 Å². The van der Waals surface area contributed by atoms with Crippen LogP contribution in [0, 0.1) is 5.92 Å². The maximum atomic E-state index is 13.2. The molecule has 1 atom stereocenters. The van der Waals surface area contributed by atoms with Gasteiger partial charge in [-0.05, 0) is 66.6 Å². The zero-order valence-corrected chi connectivity index (χ0v) is 17.5. The van der Waals surface area contributed by atoms with Gasteiger partial charge in [0, 0.05) is 29.5 Å². The molecular formula is C23H25N3O2S. The van der Waals surface area contributed by atoms with Crippen molar-refractivity contribution in [2.45, 2.75) is 32.7 Å². The second-order valence-electron chi connectivity index (χ2n) is 7.45. The maximum absolute atomic E-state index is 13.2. The molecule has 29 heavy (non-hydrogen) atoms. The second-order valence-corrected chi connectivity index (χ2v) is 8.56. The minimum absolute atomic E-state index is 0.0593. The molecule has 0 spiro atoms. The van der Waals surface area contributed by atoms with Crippen LogP contribution in [0.15, 0.2) is 48.8 Å². The summed E-state index contributed by atoms with van der Waals surface area (Å²) in [6.07, 6.45) is 6.72. The zero-order valence-electron chi connectivity index (χ0n) is 16.7. The first-order valence-corrected chi connectivity index (χ1v) is 10.7. The predicted molar refractivity (Wildman–Crippen MR) is 118 cm³/mol. The number of carbonyl (C=O) groups excluding carboxylic acids is 1. The minimum atomic E-state index is -0.0593. The van der Waals surface area contributed by atoms with E-state index in [1.807, 2.05) is 42.6 Å². The summed E-state index contributed by atoms with van der Waals surface area (Å²) in [5.74, 6) is 1.37. The third kappa shape index (κ3) is 4.43. The lowest BCUT2D eigenvalue weighted by molar-refractivity contribution is 0.102. The Hall–Kier alpha value is -2.86. The SMILES string of the molecule is COc1ccc(NC(=O)c2c(NCc3cccnc3)sc3c2CC[C@@H](C)C3)cc1. The molecule has 150 valence electrons. The van der Waals surface area contributed by atoms with Gasteiger partial charge in [0.05, 0.1) is 12.7 Å². The lowest BCUT2D eigenvalue weighted by Crippen LogP contribution is -2.17. The number of hydrogen-bond donors (Lipinski definition) is 2. The normalized spacial score (nSPS) is 15.4. The Morgan fingerprint density at radius 2 is 2.10 bits per heavy atom. The fourth-order valence-electron chi connectivity index (χ4n) is 3.67. The van der Waals surface area contributed by atoms with Crippen LogP contribution in [0.4, 0.5) is 10.7 Å². The van der Waals surface area contributed by atoms with Crippen LogP contribution in [0.3, 0.4) is 0 Å². The first-order chi connectivity index (χ1) is 14.1. The van der Waals surface area contributed by atoms with Gasteiger partial charge >= 0.3 is 0 Å². The topological polar surface area (TPSA) is 63.2 Å². The number of amides is 1.